The Labute approximate surface area is 172 Å². The van der Waals surface area contributed by atoms with Crippen molar-refractivity contribution in [3.63, 3.8) is 0 Å². The van der Waals surface area contributed by atoms with Crippen LogP contribution in [-0.4, -0.2) is 21.3 Å². The maximum atomic E-state index is 13.5. The second-order valence-corrected chi connectivity index (χ2v) is 8.66. The van der Waals surface area contributed by atoms with Crippen LogP contribution in [0.1, 0.15) is 70.2 Å². The zero-order chi connectivity index (χ0) is 21.6. The van der Waals surface area contributed by atoms with Gasteiger partial charge in [0.15, 0.2) is 5.82 Å². The van der Waals surface area contributed by atoms with E-state index >= 15 is 0 Å². The Balaban J connectivity index is 1.98. The van der Waals surface area contributed by atoms with E-state index in [1.165, 1.54) is 17.8 Å². The van der Waals surface area contributed by atoms with Crippen LogP contribution < -0.4 is 5.32 Å². The molecular weight excluding hydrogens is 403 g/mol. The molecule has 1 unspecified atom stereocenters. The summed E-state index contributed by atoms with van der Waals surface area (Å²) in [5.41, 5.74) is -1.06. The number of carbonyl (C=O) groups is 1. The van der Waals surface area contributed by atoms with Crippen molar-refractivity contribution in [1.29, 1.82) is 0 Å². The highest BCUT2D eigenvalue weighted by Crippen LogP contribution is 2.38. The number of anilines is 1. The zero-order valence-electron chi connectivity index (χ0n) is 17.0. The van der Waals surface area contributed by atoms with Crippen molar-refractivity contribution in [3.05, 3.63) is 35.5 Å². The molecule has 160 valence electrons. The standard InChI is InChI=1S/C20H26F3N3O2S/c1-5-13(4)29-14-9-10-16(15(11-14)20(21,22)23)24-17(27)7-6-8-18-25-19(12(2)3)26-28-18/h9-13H,5-8H2,1-4H3,(H,24,27). The van der Waals surface area contributed by atoms with Crippen LogP contribution in [0, 0.1) is 0 Å². The van der Waals surface area contributed by atoms with E-state index in [9.17, 15) is 18.0 Å². The van der Waals surface area contributed by atoms with Crippen molar-refractivity contribution in [2.24, 2.45) is 0 Å². The summed E-state index contributed by atoms with van der Waals surface area (Å²) < 4.78 is 45.5. The van der Waals surface area contributed by atoms with Gasteiger partial charge in [0.2, 0.25) is 11.8 Å². The lowest BCUT2D eigenvalue weighted by Gasteiger charge is -2.16. The average Bonchev–Trinajstić information content (AvgIpc) is 3.11. The van der Waals surface area contributed by atoms with Crippen molar-refractivity contribution >= 4 is 23.4 Å². The Bertz CT molecular complexity index is 822. The van der Waals surface area contributed by atoms with Crippen LogP contribution in [0.15, 0.2) is 27.6 Å². The summed E-state index contributed by atoms with van der Waals surface area (Å²) in [7, 11) is 0. The molecule has 9 heteroatoms. The highest BCUT2D eigenvalue weighted by atomic mass is 32.2. The Morgan fingerprint density at radius 3 is 2.59 bits per heavy atom. The molecule has 0 bridgehead atoms. The minimum Gasteiger partial charge on any atom is -0.339 e. The molecule has 0 aliphatic heterocycles. The third-order valence-electron chi connectivity index (χ3n) is 4.28. The molecule has 2 rings (SSSR count). The maximum absolute atomic E-state index is 13.5. The van der Waals surface area contributed by atoms with Gasteiger partial charge in [0.25, 0.3) is 0 Å². The number of nitrogens with one attached hydrogen (secondary N) is 1. The SMILES string of the molecule is CCC(C)Sc1ccc(NC(=O)CCCc2nc(C(C)C)no2)c(C(F)(F)F)c1. The summed E-state index contributed by atoms with van der Waals surface area (Å²) in [5.74, 6) is 0.665. The summed E-state index contributed by atoms with van der Waals surface area (Å²) in [6.07, 6.45) is -2.85. The second-order valence-electron chi connectivity index (χ2n) is 7.14. The van der Waals surface area contributed by atoms with Crippen molar-refractivity contribution in [2.75, 3.05) is 5.32 Å². The van der Waals surface area contributed by atoms with Gasteiger partial charge in [-0.3, -0.25) is 4.79 Å². The molecule has 0 aliphatic rings. The van der Waals surface area contributed by atoms with Gasteiger partial charge in [0.05, 0.1) is 11.3 Å². The number of rotatable bonds is 9. The first-order valence-electron chi connectivity index (χ1n) is 9.60. The fraction of sp³-hybridized carbons (Fsp3) is 0.550. The van der Waals surface area contributed by atoms with E-state index in [-0.39, 0.29) is 23.3 Å². The Morgan fingerprint density at radius 1 is 1.28 bits per heavy atom. The number of thioether (sulfide) groups is 1. The Kier molecular flexibility index (Phi) is 8.13. The van der Waals surface area contributed by atoms with Crippen LogP contribution in [0.2, 0.25) is 0 Å². The number of hydrogen-bond acceptors (Lipinski definition) is 5. The molecule has 1 amide bonds. The summed E-state index contributed by atoms with van der Waals surface area (Å²) in [5, 5.41) is 6.43. The number of benzene rings is 1. The topological polar surface area (TPSA) is 68.0 Å². The zero-order valence-corrected chi connectivity index (χ0v) is 17.8. The average molecular weight is 430 g/mol. The van der Waals surface area contributed by atoms with E-state index in [0.717, 1.165) is 12.5 Å². The van der Waals surface area contributed by atoms with Gasteiger partial charge in [-0.05, 0) is 31.0 Å². The summed E-state index contributed by atoms with van der Waals surface area (Å²) in [4.78, 5) is 16.9. The van der Waals surface area contributed by atoms with Crippen LogP contribution in [0.3, 0.4) is 0 Å². The van der Waals surface area contributed by atoms with Crippen LogP contribution in [0.4, 0.5) is 18.9 Å². The lowest BCUT2D eigenvalue weighted by molar-refractivity contribution is -0.137. The highest BCUT2D eigenvalue weighted by molar-refractivity contribution is 7.99. The van der Waals surface area contributed by atoms with Gasteiger partial charge < -0.3 is 9.84 Å². The number of alkyl halides is 3. The molecule has 1 aromatic heterocycles. The number of amides is 1. The molecule has 1 aromatic carbocycles. The number of aryl methyl sites for hydroxylation is 1. The number of aromatic nitrogens is 2. The number of nitrogens with zero attached hydrogens (tertiary/aromatic N) is 2. The van der Waals surface area contributed by atoms with Gasteiger partial charge in [-0.15, -0.1) is 11.8 Å². The lowest BCUT2D eigenvalue weighted by atomic mass is 10.1. The molecule has 5 nitrogen and oxygen atoms in total. The molecule has 1 atom stereocenters. The molecule has 0 aliphatic carbocycles. The molecule has 0 fully saturated rings. The van der Waals surface area contributed by atoms with Crippen LogP contribution in [0.5, 0.6) is 0 Å². The predicted octanol–water partition coefficient (Wildman–Crippen LogP) is 6.06. The summed E-state index contributed by atoms with van der Waals surface area (Å²) >= 11 is 1.38. The summed E-state index contributed by atoms with van der Waals surface area (Å²) in [6, 6.07) is 4.02. The van der Waals surface area contributed by atoms with Crippen LogP contribution >= 0.6 is 11.8 Å². The highest BCUT2D eigenvalue weighted by Gasteiger charge is 2.34. The van der Waals surface area contributed by atoms with E-state index in [0.29, 0.717) is 29.5 Å². The largest absolute Gasteiger partial charge is 0.418 e. The smallest absolute Gasteiger partial charge is 0.339 e. The fourth-order valence-electron chi connectivity index (χ4n) is 2.47. The lowest BCUT2D eigenvalue weighted by Crippen LogP contribution is -2.16. The van der Waals surface area contributed by atoms with Crippen molar-refractivity contribution in [2.45, 2.75) is 75.6 Å². The minimum atomic E-state index is -4.55. The van der Waals surface area contributed by atoms with Gasteiger partial charge >= 0.3 is 6.18 Å². The number of halogens is 3. The van der Waals surface area contributed by atoms with Crippen LogP contribution in [0.25, 0.3) is 0 Å². The molecule has 29 heavy (non-hydrogen) atoms. The number of carbonyl (C=O) groups excluding carboxylic acids is 1. The van der Waals surface area contributed by atoms with Gasteiger partial charge in [-0.25, -0.2) is 0 Å². The van der Waals surface area contributed by atoms with E-state index < -0.39 is 17.6 Å². The first-order valence-corrected chi connectivity index (χ1v) is 10.5. The van der Waals surface area contributed by atoms with Gasteiger partial charge in [-0.1, -0.05) is 32.9 Å². The molecule has 1 heterocycles. The van der Waals surface area contributed by atoms with Crippen molar-refractivity contribution < 1.29 is 22.5 Å². The summed E-state index contributed by atoms with van der Waals surface area (Å²) in [6.45, 7) is 7.82. The van der Waals surface area contributed by atoms with Crippen LogP contribution in [-0.2, 0) is 17.4 Å². The normalized spacial score (nSPS) is 13.0. The maximum Gasteiger partial charge on any atom is 0.418 e. The predicted molar refractivity (Wildman–Crippen MR) is 107 cm³/mol. The number of hydrogen-bond donors (Lipinski definition) is 1. The first-order chi connectivity index (χ1) is 13.6. The minimum absolute atomic E-state index is 0.0556. The Hall–Kier alpha value is -2.03. The molecule has 0 radical (unpaired) electrons. The first kappa shape index (κ1) is 23.3. The third kappa shape index (κ3) is 7.06. The molecular formula is C20H26F3N3O2S. The Morgan fingerprint density at radius 2 is 2.00 bits per heavy atom. The van der Waals surface area contributed by atoms with E-state index in [4.69, 9.17) is 4.52 Å². The monoisotopic (exact) mass is 429 g/mol. The molecule has 0 spiro atoms. The molecule has 0 saturated carbocycles. The van der Waals surface area contributed by atoms with Gasteiger partial charge in [0, 0.05) is 28.9 Å². The van der Waals surface area contributed by atoms with E-state index in [1.807, 2.05) is 27.7 Å². The van der Waals surface area contributed by atoms with Gasteiger partial charge in [0.1, 0.15) is 0 Å². The third-order valence-corrected chi connectivity index (χ3v) is 5.54. The quantitative estimate of drug-likeness (QED) is 0.491. The second kappa shape index (κ2) is 10.1. The van der Waals surface area contributed by atoms with Crippen molar-refractivity contribution in [1.82, 2.24) is 10.1 Å². The molecule has 2 aromatic rings. The molecule has 0 saturated heterocycles. The van der Waals surface area contributed by atoms with Gasteiger partial charge in [-0.2, -0.15) is 18.2 Å². The van der Waals surface area contributed by atoms with E-state index in [1.54, 1.807) is 6.07 Å². The fourth-order valence-corrected chi connectivity index (χ4v) is 3.44. The van der Waals surface area contributed by atoms with E-state index in [2.05, 4.69) is 15.5 Å². The van der Waals surface area contributed by atoms with Crippen molar-refractivity contribution in [3.8, 4) is 0 Å². The molecule has 1 N–H and O–H groups in total.